The van der Waals surface area contributed by atoms with Crippen LogP contribution in [0.25, 0.3) is 0 Å². The van der Waals surface area contributed by atoms with Gasteiger partial charge in [0.15, 0.2) is 5.16 Å². The van der Waals surface area contributed by atoms with Crippen LogP contribution < -0.4 is 10.9 Å². The van der Waals surface area contributed by atoms with E-state index in [1.54, 1.807) is 50.5 Å². The van der Waals surface area contributed by atoms with Crippen LogP contribution in [0.4, 0.5) is 11.5 Å². The molecule has 1 atom stereocenters. The van der Waals surface area contributed by atoms with E-state index in [-0.39, 0.29) is 17.9 Å². The summed E-state index contributed by atoms with van der Waals surface area (Å²) < 4.78 is 5.26. The molecule has 4 rings (SSSR count). The molecule has 0 bridgehead atoms. The molecule has 1 aliphatic rings. The van der Waals surface area contributed by atoms with Crippen molar-refractivity contribution in [3.05, 3.63) is 97.2 Å². The number of aromatic nitrogens is 3. The number of H-pyrrole nitrogens is 1. The number of carbonyl (C=O) groups excluding carboxylic acids is 1. The minimum atomic E-state index is -0.686. The Morgan fingerprint density at radius 1 is 1.26 bits per heavy atom. The smallest absolute Gasteiger partial charge is 0.336 e. The Balaban J connectivity index is 1.68. The van der Waals surface area contributed by atoms with E-state index in [1.165, 1.54) is 23.9 Å². The monoisotopic (exact) mass is 479 g/mol. The number of nitro benzene ring substituents is 1. The maximum atomic E-state index is 13.2. The quantitative estimate of drug-likeness (QED) is 0.170. The van der Waals surface area contributed by atoms with Crippen molar-refractivity contribution in [3.8, 4) is 0 Å². The highest BCUT2D eigenvalue weighted by atomic mass is 32.2. The molecule has 0 unspecified atom stereocenters. The number of pyridine rings is 1. The summed E-state index contributed by atoms with van der Waals surface area (Å²) in [5.41, 5.74) is 2.33. The third kappa shape index (κ3) is 4.69. The van der Waals surface area contributed by atoms with Crippen molar-refractivity contribution in [2.45, 2.75) is 30.7 Å². The molecule has 2 aromatic heterocycles. The third-order valence-electron chi connectivity index (χ3n) is 5.26. The zero-order chi connectivity index (χ0) is 24.2. The zero-order valence-corrected chi connectivity index (χ0v) is 19.2. The number of allylic oxidation sites excluding steroid dienone is 1. The normalized spacial score (nSPS) is 14.8. The van der Waals surface area contributed by atoms with E-state index in [0.717, 1.165) is 5.56 Å². The third-order valence-corrected chi connectivity index (χ3v) is 6.20. The lowest BCUT2D eigenvalue weighted by atomic mass is 9.83. The number of anilines is 1. The molecular weight excluding hydrogens is 458 g/mol. The summed E-state index contributed by atoms with van der Waals surface area (Å²) in [6.07, 6.45) is 3.23. The van der Waals surface area contributed by atoms with Gasteiger partial charge in [-0.05, 0) is 31.0 Å². The molecule has 1 aliphatic heterocycles. The molecule has 34 heavy (non-hydrogen) atoms. The number of aromatic amines is 1. The summed E-state index contributed by atoms with van der Waals surface area (Å²) in [7, 11) is 0. The fraction of sp³-hybridized carbons (Fsp3) is 0.217. The molecular formula is C23H21N5O5S. The molecule has 0 aliphatic carbocycles. The summed E-state index contributed by atoms with van der Waals surface area (Å²) in [5.74, 6) is -0.388. The molecule has 10 nitrogen and oxygen atoms in total. The van der Waals surface area contributed by atoms with Crippen LogP contribution in [-0.2, 0) is 15.3 Å². The second kappa shape index (κ2) is 9.87. The second-order valence-corrected chi connectivity index (χ2v) is 8.41. The summed E-state index contributed by atoms with van der Waals surface area (Å²) in [4.78, 5) is 47.9. The van der Waals surface area contributed by atoms with Crippen LogP contribution in [0, 0.1) is 10.1 Å². The molecule has 11 heteroatoms. The molecule has 174 valence electrons. The van der Waals surface area contributed by atoms with Crippen LogP contribution in [0.2, 0.25) is 0 Å². The van der Waals surface area contributed by atoms with Gasteiger partial charge < -0.3 is 15.0 Å². The fourth-order valence-corrected chi connectivity index (χ4v) is 4.54. The average molecular weight is 480 g/mol. The number of nitrogens with zero attached hydrogens (tertiary/aromatic N) is 3. The van der Waals surface area contributed by atoms with Gasteiger partial charge in [0.25, 0.3) is 11.2 Å². The Hall–Kier alpha value is -3.99. The van der Waals surface area contributed by atoms with Gasteiger partial charge in [-0.2, -0.15) is 0 Å². The number of benzene rings is 1. The SMILES string of the molecule is CCOC(=O)C1=C(C)Nc2nc(SCc3ccc([N+](=O)[O-])cc3)[nH]c(=O)c2[C@@H]1c1cccnc1. The van der Waals surface area contributed by atoms with Crippen LogP contribution in [0.5, 0.6) is 0 Å². The van der Waals surface area contributed by atoms with Gasteiger partial charge >= 0.3 is 5.97 Å². The Kier molecular flexibility index (Phi) is 6.73. The van der Waals surface area contributed by atoms with Gasteiger partial charge in [0.2, 0.25) is 0 Å². The van der Waals surface area contributed by atoms with E-state index in [4.69, 9.17) is 4.74 Å². The minimum absolute atomic E-state index is 0.0133. The van der Waals surface area contributed by atoms with Crippen molar-refractivity contribution >= 4 is 29.2 Å². The maximum absolute atomic E-state index is 13.2. The second-order valence-electron chi connectivity index (χ2n) is 7.45. The van der Waals surface area contributed by atoms with Crippen LogP contribution >= 0.6 is 11.8 Å². The van der Waals surface area contributed by atoms with E-state index in [0.29, 0.717) is 39.1 Å². The summed E-state index contributed by atoms with van der Waals surface area (Å²) in [5, 5.41) is 14.3. The van der Waals surface area contributed by atoms with Crippen molar-refractivity contribution in [1.82, 2.24) is 15.0 Å². The highest BCUT2D eigenvalue weighted by Crippen LogP contribution is 2.39. The molecule has 0 saturated heterocycles. The van der Waals surface area contributed by atoms with E-state index < -0.39 is 16.8 Å². The van der Waals surface area contributed by atoms with Crippen molar-refractivity contribution in [2.24, 2.45) is 0 Å². The van der Waals surface area contributed by atoms with Crippen LogP contribution in [-0.4, -0.2) is 32.5 Å². The Labute approximate surface area is 198 Å². The first kappa shape index (κ1) is 23.2. The molecule has 0 fully saturated rings. The lowest BCUT2D eigenvalue weighted by Gasteiger charge is -2.28. The molecule has 1 aromatic carbocycles. The van der Waals surface area contributed by atoms with Gasteiger partial charge in [-0.3, -0.25) is 19.9 Å². The highest BCUT2D eigenvalue weighted by molar-refractivity contribution is 7.98. The number of rotatable bonds is 7. The van der Waals surface area contributed by atoms with E-state index >= 15 is 0 Å². The number of hydrogen-bond acceptors (Lipinski definition) is 9. The van der Waals surface area contributed by atoms with Crippen molar-refractivity contribution < 1.29 is 14.5 Å². The molecule has 3 aromatic rings. The van der Waals surface area contributed by atoms with Crippen molar-refractivity contribution in [3.63, 3.8) is 0 Å². The Bertz CT molecular complexity index is 1320. The summed E-state index contributed by atoms with van der Waals surface area (Å²) in [6.45, 7) is 3.67. The molecule has 3 heterocycles. The number of non-ortho nitro benzene ring substituents is 1. The average Bonchev–Trinajstić information content (AvgIpc) is 2.82. The Morgan fingerprint density at radius 3 is 2.68 bits per heavy atom. The number of esters is 1. The lowest BCUT2D eigenvalue weighted by molar-refractivity contribution is -0.384. The minimum Gasteiger partial charge on any atom is -0.463 e. The van der Waals surface area contributed by atoms with E-state index in [2.05, 4.69) is 20.3 Å². The van der Waals surface area contributed by atoms with Gasteiger partial charge in [-0.1, -0.05) is 30.0 Å². The number of nitrogens with one attached hydrogen (secondary N) is 2. The topological polar surface area (TPSA) is 140 Å². The molecule has 0 saturated carbocycles. The van der Waals surface area contributed by atoms with Crippen LogP contribution in [0.15, 0.2) is 70.0 Å². The molecule has 2 N–H and O–H groups in total. The predicted octanol–water partition coefficient (Wildman–Crippen LogP) is 3.76. The van der Waals surface area contributed by atoms with Gasteiger partial charge in [0.05, 0.1) is 28.6 Å². The number of carbonyl (C=O) groups is 1. The highest BCUT2D eigenvalue weighted by Gasteiger charge is 2.36. The van der Waals surface area contributed by atoms with Gasteiger partial charge in [0, 0.05) is 36.0 Å². The number of thioether (sulfide) groups is 1. The Morgan fingerprint density at radius 2 is 2.03 bits per heavy atom. The van der Waals surface area contributed by atoms with Crippen molar-refractivity contribution in [1.29, 1.82) is 0 Å². The zero-order valence-electron chi connectivity index (χ0n) is 18.4. The van der Waals surface area contributed by atoms with Crippen molar-refractivity contribution in [2.75, 3.05) is 11.9 Å². The molecule has 0 amide bonds. The van der Waals surface area contributed by atoms with Crippen LogP contribution in [0.3, 0.4) is 0 Å². The van der Waals surface area contributed by atoms with Crippen LogP contribution in [0.1, 0.15) is 36.5 Å². The molecule has 0 radical (unpaired) electrons. The first-order valence-electron chi connectivity index (χ1n) is 10.4. The van der Waals surface area contributed by atoms with Gasteiger partial charge in [0.1, 0.15) is 5.82 Å². The maximum Gasteiger partial charge on any atom is 0.336 e. The fourth-order valence-electron chi connectivity index (χ4n) is 3.72. The largest absolute Gasteiger partial charge is 0.463 e. The summed E-state index contributed by atoms with van der Waals surface area (Å²) in [6, 6.07) is 9.74. The molecule has 0 spiro atoms. The first-order chi connectivity index (χ1) is 16.4. The van der Waals surface area contributed by atoms with E-state index in [1.807, 2.05) is 0 Å². The lowest BCUT2D eigenvalue weighted by Crippen LogP contribution is -2.31. The number of hydrogen-bond donors (Lipinski definition) is 2. The number of nitro groups is 1. The number of fused-ring (bicyclic) bond motifs is 1. The standard InChI is InChI=1S/C23H21N5O5S/c1-3-33-22(30)17-13(2)25-20-19(18(17)15-5-4-10-24-11-15)21(29)27-23(26-20)34-12-14-6-8-16(9-7-14)28(31)32/h4-11,18H,3,12H2,1-2H3,(H2,25,26,27,29)/t18-/m1/s1. The number of ether oxygens (including phenoxy) is 1. The van der Waals surface area contributed by atoms with Gasteiger partial charge in [-0.25, -0.2) is 9.78 Å². The predicted molar refractivity (Wildman–Crippen MR) is 127 cm³/mol. The van der Waals surface area contributed by atoms with E-state index in [9.17, 15) is 19.7 Å². The first-order valence-corrected chi connectivity index (χ1v) is 11.4. The van der Waals surface area contributed by atoms with Gasteiger partial charge in [-0.15, -0.1) is 0 Å². The summed E-state index contributed by atoms with van der Waals surface area (Å²) >= 11 is 1.29.